The first-order valence-corrected chi connectivity index (χ1v) is 8.07. The molecule has 1 N–H and O–H groups in total. The van der Waals surface area contributed by atoms with Crippen LogP contribution in [0.15, 0.2) is 12.1 Å². The van der Waals surface area contributed by atoms with E-state index in [1.54, 1.807) is 4.90 Å². The average Bonchev–Trinajstić information content (AvgIpc) is 2.78. The highest BCUT2D eigenvalue weighted by molar-refractivity contribution is 7.16. The van der Waals surface area contributed by atoms with E-state index in [0.717, 1.165) is 11.3 Å². The molecule has 0 radical (unpaired) electrons. The van der Waals surface area contributed by atoms with Gasteiger partial charge in [0.1, 0.15) is 6.04 Å². The molecule has 1 saturated heterocycles. The molecule has 0 spiro atoms. The second-order valence-corrected chi connectivity index (χ2v) is 6.75. The lowest BCUT2D eigenvalue weighted by atomic mass is 10.1. The monoisotopic (exact) mass is 314 g/mol. The maximum absolute atomic E-state index is 12.6. The zero-order valence-corrected chi connectivity index (χ0v) is 13.3. The molecule has 2 unspecified atom stereocenters. The zero-order valence-electron chi connectivity index (χ0n) is 11.7. The molecule has 0 saturated carbocycles. The van der Waals surface area contributed by atoms with Gasteiger partial charge in [0.25, 0.3) is 0 Å². The van der Waals surface area contributed by atoms with Crippen LogP contribution in [-0.2, 0) is 9.59 Å². The fraction of sp³-hybridized carbons (Fsp3) is 0.571. The second kappa shape index (κ2) is 6.59. The van der Waals surface area contributed by atoms with Gasteiger partial charge < -0.3 is 10.2 Å². The van der Waals surface area contributed by atoms with E-state index < -0.39 is 6.04 Å². The van der Waals surface area contributed by atoms with E-state index in [-0.39, 0.29) is 17.9 Å². The average molecular weight is 315 g/mol. The van der Waals surface area contributed by atoms with Gasteiger partial charge in [-0.3, -0.25) is 9.59 Å². The number of hydrogen-bond acceptors (Lipinski definition) is 3. The molecule has 1 fully saturated rings. The first-order chi connectivity index (χ1) is 9.52. The molecule has 110 valence electrons. The summed E-state index contributed by atoms with van der Waals surface area (Å²) in [5.41, 5.74) is 0. The maximum atomic E-state index is 12.6. The zero-order chi connectivity index (χ0) is 14.7. The maximum Gasteiger partial charge on any atom is 0.245 e. The molecular formula is C14H19ClN2O2S. The number of carbonyl (C=O) groups excluding carboxylic acids is 2. The van der Waals surface area contributed by atoms with Crippen LogP contribution in [0.5, 0.6) is 0 Å². The Kier molecular flexibility index (Phi) is 5.05. The number of nitrogens with zero attached hydrogens (tertiary/aromatic N) is 1. The summed E-state index contributed by atoms with van der Waals surface area (Å²) in [6.07, 6.45) is 1.90. The molecule has 0 aliphatic carbocycles. The summed E-state index contributed by atoms with van der Waals surface area (Å²) < 4.78 is 0.716. The Bertz CT molecular complexity index is 503. The quantitative estimate of drug-likeness (QED) is 0.929. The van der Waals surface area contributed by atoms with Crippen LogP contribution in [0.25, 0.3) is 0 Å². The molecule has 2 atom stereocenters. The number of hydrogen-bond donors (Lipinski definition) is 1. The number of halogens is 1. The SMILES string of the molecule is CCCC1NC(=O)CCN(C(C)c2ccc(Cl)s2)C1=O. The molecule has 2 heterocycles. The van der Waals surface area contributed by atoms with E-state index in [1.807, 2.05) is 26.0 Å². The van der Waals surface area contributed by atoms with Gasteiger partial charge in [0.15, 0.2) is 0 Å². The van der Waals surface area contributed by atoms with Crippen molar-refractivity contribution in [1.29, 1.82) is 0 Å². The van der Waals surface area contributed by atoms with E-state index in [0.29, 0.717) is 23.7 Å². The lowest BCUT2D eigenvalue weighted by molar-refractivity contribution is -0.135. The molecule has 4 nitrogen and oxygen atoms in total. The summed E-state index contributed by atoms with van der Waals surface area (Å²) in [7, 11) is 0. The number of rotatable bonds is 4. The highest BCUT2D eigenvalue weighted by Crippen LogP contribution is 2.31. The Morgan fingerprint density at radius 3 is 2.85 bits per heavy atom. The minimum absolute atomic E-state index is 0.00900. The van der Waals surface area contributed by atoms with Crippen LogP contribution in [0.4, 0.5) is 0 Å². The molecule has 1 aliphatic heterocycles. The van der Waals surface area contributed by atoms with Crippen LogP contribution in [0.2, 0.25) is 4.34 Å². The summed E-state index contributed by atoms with van der Waals surface area (Å²) in [6, 6.07) is 3.34. The van der Waals surface area contributed by atoms with Gasteiger partial charge in [0.05, 0.1) is 10.4 Å². The summed E-state index contributed by atoms with van der Waals surface area (Å²) in [6.45, 7) is 4.46. The molecule has 1 aromatic heterocycles. The predicted octanol–water partition coefficient (Wildman–Crippen LogP) is 2.98. The van der Waals surface area contributed by atoms with Gasteiger partial charge in [0.2, 0.25) is 11.8 Å². The molecule has 6 heteroatoms. The van der Waals surface area contributed by atoms with Gasteiger partial charge >= 0.3 is 0 Å². The van der Waals surface area contributed by atoms with Gasteiger partial charge in [-0.2, -0.15) is 0 Å². The van der Waals surface area contributed by atoms with E-state index >= 15 is 0 Å². The molecule has 2 rings (SSSR count). The van der Waals surface area contributed by atoms with Crippen LogP contribution >= 0.6 is 22.9 Å². The van der Waals surface area contributed by atoms with Crippen LogP contribution in [0.3, 0.4) is 0 Å². The molecule has 0 bridgehead atoms. The van der Waals surface area contributed by atoms with Crippen LogP contribution in [-0.4, -0.2) is 29.3 Å². The Hall–Kier alpha value is -1.07. The number of nitrogens with one attached hydrogen (secondary N) is 1. The standard InChI is InChI=1S/C14H19ClN2O2S/c1-3-4-10-14(19)17(8-7-13(18)16-10)9(2)11-5-6-12(15)20-11/h5-6,9-10H,3-4,7-8H2,1-2H3,(H,16,18). The smallest absolute Gasteiger partial charge is 0.245 e. The van der Waals surface area contributed by atoms with Crippen LogP contribution in [0.1, 0.15) is 44.0 Å². The van der Waals surface area contributed by atoms with E-state index in [1.165, 1.54) is 11.3 Å². The molecule has 1 aromatic rings. The van der Waals surface area contributed by atoms with Crippen molar-refractivity contribution in [2.75, 3.05) is 6.54 Å². The van der Waals surface area contributed by atoms with E-state index in [4.69, 9.17) is 11.6 Å². The Labute approximate surface area is 128 Å². The lowest BCUT2D eigenvalue weighted by Crippen LogP contribution is -2.45. The lowest BCUT2D eigenvalue weighted by Gasteiger charge is -2.29. The van der Waals surface area contributed by atoms with Crippen molar-refractivity contribution in [2.45, 2.75) is 45.2 Å². The number of amides is 2. The van der Waals surface area contributed by atoms with Crippen molar-refractivity contribution in [3.63, 3.8) is 0 Å². The molecule has 0 aromatic carbocycles. The van der Waals surface area contributed by atoms with Crippen molar-refractivity contribution in [1.82, 2.24) is 10.2 Å². The van der Waals surface area contributed by atoms with Crippen molar-refractivity contribution >= 4 is 34.8 Å². The highest BCUT2D eigenvalue weighted by Gasteiger charge is 2.32. The van der Waals surface area contributed by atoms with Crippen molar-refractivity contribution < 1.29 is 9.59 Å². The Balaban J connectivity index is 2.20. The summed E-state index contributed by atoms with van der Waals surface area (Å²) in [4.78, 5) is 27.1. The minimum Gasteiger partial charge on any atom is -0.344 e. The van der Waals surface area contributed by atoms with Crippen molar-refractivity contribution in [3.8, 4) is 0 Å². The normalized spacial score (nSPS) is 21.6. The minimum atomic E-state index is -0.395. The van der Waals surface area contributed by atoms with Gasteiger partial charge in [-0.25, -0.2) is 0 Å². The molecular weight excluding hydrogens is 296 g/mol. The topological polar surface area (TPSA) is 49.4 Å². The molecule has 20 heavy (non-hydrogen) atoms. The van der Waals surface area contributed by atoms with E-state index in [9.17, 15) is 9.59 Å². The number of carbonyl (C=O) groups is 2. The largest absolute Gasteiger partial charge is 0.344 e. The fourth-order valence-electron chi connectivity index (χ4n) is 2.44. The van der Waals surface area contributed by atoms with Crippen molar-refractivity contribution in [2.24, 2.45) is 0 Å². The third-order valence-corrected chi connectivity index (χ3v) is 4.95. The van der Waals surface area contributed by atoms with Gasteiger partial charge in [-0.15, -0.1) is 11.3 Å². The Morgan fingerprint density at radius 1 is 1.50 bits per heavy atom. The first-order valence-electron chi connectivity index (χ1n) is 6.88. The van der Waals surface area contributed by atoms with Crippen LogP contribution < -0.4 is 5.32 Å². The number of thiophene rings is 1. The first kappa shape index (κ1) is 15.3. The predicted molar refractivity (Wildman–Crippen MR) is 80.9 cm³/mol. The fourth-order valence-corrected chi connectivity index (χ4v) is 3.56. The third kappa shape index (κ3) is 3.33. The second-order valence-electron chi connectivity index (χ2n) is 5.01. The summed E-state index contributed by atoms with van der Waals surface area (Å²) in [5, 5.41) is 2.82. The Morgan fingerprint density at radius 2 is 2.25 bits per heavy atom. The van der Waals surface area contributed by atoms with Crippen molar-refractivity contribution in [3.05, 3.63) is 21.3 Å². The highest BCUT2D eigenvalue weighted by atomic mass is 35.5. The third-order valence-electron chi connectivity index (χ3n) is 3.55. The van der Waals surface area contributed by atoms with Gasteiger partial charge in [0, 0.05) is 17.8 Å². The summed E-state index contributed by atoms with van der Waals surface area (Å²) in [5.74, 6) is -0.0366. The van der Waals surface area contributed by atoms with E-state index in [2.05, 4.69) is 5.32 Å². The van der Waals surface area contributed by atoms with Crippen LogP contribution in [0, 0.1) is 0 Å². The molecule has 1 aliphatic rings. The van der Waals surface area contributed by atoms with Gasteiger partial charge in [-0.05, 0) is 25.5 Å². The van der Waals surface area contributed by atoms with Gasteiger partial charge in [-0.1, -0.05) is 24.9 Å². The molecule has 2 amide bonds. The summed E-state index contributed by atoms with van der Waals surface area (Å²) >= 11 is 7.44.